The third-order valence-electron chi connectivity index (χ3n) is 1.49. The first-order valence-corrected chi connectivity index (χ1v) is 5.70. The van der Waals surface area contributed by atoms with E-state index in [2.05, 4.69) is 11.3 Å². The van der Waals surface area contributed by atoms with Crippen LogP contribution >= 0.6 is 11.8 Å². The van der Waals surface area contributed by atoms with E-state index in [9.17, 15) is 9.59 Å². The fourth-order valence-electron chi connectivity index (χ4n) is 0.676. The molecule has 0 aliphatic rings. The predicted octanol–water partition coefficient (Wildman–Crippen LogP) is 1.40. The molecule has 0 aliphatic carbocycles. The third-order valence-corrected chi connectivity index (χ3v) is 2.44. The van der Waals surface area contributed by atoms with Gasteiger partial charge in [0.1, 0.15) is 6.61 Å². The van der Waals surface area contributed by atoms with Gasteiger partial charge in [0, 0.05) is 17.1 Å². The molecular formula is C10H16O4S. The summed E-state index contributed by atoms with van der Waals surface area (Å²) in [7, 11) is 1.36. The molecule has 0 N–H and O–H groups in total. The average molecular weight is 232 g/mol. The molecule has 0 aliphatic heterocycles. The highest BCUT2D eigenvalue weighted by molar-refractivity contribution is 7.99. The van der Waals surface area contributed by atoms with Crippen LogP contribution in [0.2, 0.25) is 0 Å². The van der Waals surface area contributed by atoms with Crippen LogP contribution in [0.1, 0.15) is 13.3 Å². The number of rotatable bonds is 7. The largest absolute Gasteiger partial charge is 0.469 e. The molecule has 0 bridgehead atoms. The fraction of sp³-hybridized carbons (Fsp3) is 0.600. The Hall–Kier alpha value is -0.970. The second-order valence-corrected chi connectivity index (χ2v) is 4.08. The van der Waals surface area contributed by atoms with Crippen molar-refractivity contribution >= 4 is 23.7 Å². The third kappa shape index (κ3) is 8.05. The van der Waals surface area contributed by atoms with Crippen LogP contribution in [-0.4, -0.2) is 37.2 Å². The Bertz CT molecular complexity index is 238. The normalized spacial score (nSPS) is 9.47. The van der Waals surface area contributed by atoms with E-state index in [1.807, 2.05) is 0 Å². The van der Waals surface area contributed by atoms with Gasteiger partial charge < -0.3 is 9.47 Å². The Labute approximate surface area is 94.0 Å². The van der Waals surface area contributed by atoms with Gasteiger partial charge in [-0.3, -0.25) is 4.79 Å². The number of hydrogen-bond donors (Lipinski definition) is 0. The molecule has 0 fully saturated rings. The van der Waals surface area contributed by atoms with Crippen molar-refractivity contribution in [1.82, 2.24) is 0 Å². The SMILES string of the molecule is C=C(C)C(=O)OCCSCCC(=O)OC. The lowest BCUT2D eigenvalue weighted by atomic mass is 10.4. The van der Waals surface area contributed by atoms with Crippen molar-refractivity contribution < 1.29 is 19.1 Å². The number of thioether (sulfide) groups is 1. The summed E-state index contributed by atoms with van der Waals surface area (Å²) in [5.74, 6) is 0.762. The first kappa shape index (κ1) is 14.0. The van der Waals surface area contributed by atoms with Crippen LogP contribution in [0.3, 0.4) is 0 Å². The lowest BCUT2D eigenvalue weighted by Gasteiger charge is -2.03. The molecule has 0 aromatic rings. The van der Waals surface area contributed by atoms with E-state index < -0.39 is 0 Å². The van der Waals surface area contributed by atoms with Gasteiger partial charge in [-0.05, 0) is 6.92 Å². The van der Waals surface area contributed by atoms with E-state index in [1.165, 1.54) is 7.11 Å². The number of ether oxygens (including phenoxy) is 2. The minimum Gasteiger partial charge on any atom is -0.469 e. The Balaban J connectivity index is 3.29. The van der Waals surface area contributed by atoms with E-state index in [0.717, 1.165) is 0 Å². The van der Waals surface area contributed by atoms with Gasteiger partial charge in [-0.15, -0.1) is 0 Å². The molecule has 0 saturated heterocycles. The zero-order chi connectivity index (χ0) is 11.7. The molecule has 0 rings (SSSR count). The van der Waals surface area contributed by atoms with E-state index in [0.29, 0.717) is 30.1 Å². The first-order valence-electron chi connectivity index (χ1n) is 4.55. The maximum Gasteiger partial charge on any atom is 0.333 e. The monoisotopic (exact) mass is 232 g/mol. The number of esters is 2. The van der Waals surface area contributed by atoms with Crippen molar-refractivity contribution in [2.75, 3.05) is 25.2 Å². The Morgan fingerprint density at radius 1 is 1.33 bits per heavy atom. The number of methoxy groups -OCH3 is 1. The molecule has 0 aromatic heterocycles. The van der Waals surface area contributed by atoms with E-state index in [1.54, 1.807) is 18.7 Å². The summed E-state index contributed by atoms with van der Waals surface area (Å²) in [5, 5.41) is 0. The fourth-order valence-corrected chi connectivity index (χ4v) is 1.39. The number of carbonyl (C=O) groups is 2. The van der Waals surface area contributed by atoms with Crippen LogP contribution in [0, 0.1) is 0 Å². The van der Waals surface area contributed by atoms with Gasteiger partial charge in [0.2, 0.25) is 0 Å². The molecule has 0 amide bonds. The zero-order valence-corrected chi connectivity index (χ0v) is 9.89. The Morgan fingerprint density at radius 2 is 2.00 bits per heavy atom. The molecule has 0 atom stereocenters. The first-order chi connectivity index (χ1) is 7.07. The maximum atomic E-state index is 10.9. The van der Waals surface area contributed by atoms with E-state index >= 15 is 0 Å². The lowest BCUT2D eigenvalue weighted by Crippen LogP contribution is -2.08. The molecule has 5 heteroatoms. The molecule has 0 heterocycles. The van der Waals surface area contributed by atoms with Crippen LogP contribution in [-0.2, 0) is 19.1 Å². The van der Waals surface area contributed by atoms with E-state index in [-0.39, 0.29) is 11.9 Å². The molecule has 0 radical (unpaired) electrons. The molecule has 15 heavy (non-hydrogen) atoms. The topological polar surface area (TPSA) is 52.6 Å². The minimum absolute atomic E-state index is 0.221. The second kappa shape index (κ2) is 8.35. The Kier molecular flexibility index (Phi) is 7.81. The Morgan fingerprint density at radius 3 is 2.53 bits per heavy atom. The summed E-state index contributed by atoms with van der Waals surface area (Å²) in [4.78, 5) is 21.6. The molecule has 0 aromatic carbocycles. The van der Waals surface area contributed by atoms with Crippen molar-refractivity contribution in [3.05, 3.63) is 12.2 Å². The van der Waals surface area contributed by atoms with Gasteiger partial charge in [0.15, 0.2) is 0 Å². The van der Waals surface area contributed by atoms with Crippen LogP contribution in [0.15, 0.2) is 12.2 Å². The lowest BCUT2D eigenvalue weighted by molar-refractivity contribution is -0.140. The average Bonchev–Trinajstić information content (AvgIpc) is 2.22. The van der Waals surface area contributed by atoms with Gasteiger partial charge >= 0.3 is 11.9 Å². The highest BCUT2D eigenvalue weighted by Gasteiger charge is 2.03. The molecule has 0 spiro atoms. The molecule has 4 nitrogen and oxygen atoms in total. The zero-order valence-electron chi connectivity index (χ0n) is 9.08. The highest BCUT2D eigenvalue weighted by Crippen LogP contribution is 2.03. The van der Waals surface area contributed by atoms with Crippen molar-refractivity contribution in [2.45, 2.75) is 13.3 Å². The molecule has 86 valence electrons. The quantitative estimate of drug-likeness (QED) is 0.377. The van der Waals surface area contributed by atoms with Gasteiger partial charge in [0.25, 0.3) is 0 Å². The summed E-state index contributed by atoms with van der Waals surface area (Å²) in [6, 6.07) is 0. The summed E-state index contributed by atoms with van der Waals surface area (Å²) < 4.78 is 9.34. The van der Waals surface area contributed by atoms with Gasteiger partial charge in [-0.1, -0.05) is 6.58 Å². The summed E-state index contributed by atoms with van der Waals surface area (Å²) in [5.41, 5.74) is 0.398. The summed E-state index contributed by atoms with van der Waals surface area (Å²) >= 11 is 1.54. The van der Waals surface area contributed by atoms with Gasteiger partial charge in [-0.2, -0.15) is 11.8 Å². The standard InChI is InChI=1S/C10H16O4S/c1-8(2)10(12)14-5-7-15-6-4-9(11)13-3/h1,4-7H2,2-3H3. The molecular weight excluding hydrogens is 216 g/mol. The van der Waals surface area contributed by atoms with Crippen molar-refractivity contribution in [3.63, 3.8) is 0 Å². The number of carbonyl (C=O) groups excluding carboxylic acids is 2. The van der Waals surface area contributed by atoms with E-state index in [4.69, 9.17) is 4.74 Å². The van der Waals surface area contributed by atoms with Gasteiger partial charge in [-0.25, -0.2) is 4.79 Å². The van der Waals surface area contributed by atoms with Crippen LogP contribution < -0.4 is 0 Å². The maximum absolute atomic E-state index is 10.9. The minimum atomic E-state index is -0.372. The van der Waals surface area contributed by atoms with Gasteiger partial charge in [0.05, 0.1) is 13.5 Å². The van der Waals surface area contributed by atoms with Crippen molar-refractivity contribution in [1.29, 1.82) is 0 Å². The van der Waals surface area contributed by atoms with Crippen molar-refractivity contribution in [2.24, 2.45) is 0 Å². The number of hydrogen-bond acceptors (Lipinski definition) is 5. The highest BCUT2D eigenvalue weighted by atomic mass is 32.2. The van der Waals surface area contributed by atoms with Crippen molar-refractivity contribution in [3.8, 4) is 0 Å². The summed E-state index contributed by atoms with van der Waals surface area (Å²) in [6.07, 6.45) is 0.385. The summed E-state index contributed by atoms with van der Waals surface area (Å²) in [6.45, 7) is 5.41. The predicted molar refractivity (Wildman–Crippen MR) is 59.7 cm³/mol. The van der Waals surface area contributed by atoms with Crippen LogP contribution in [0.5, 0.6) is 0 Å². The van der Waals surface area contributed by atoms with Crippen LogP contribution in [0.25, 0.3) is 0 Å². The second-order valence-electron chi connectivity index (χ2n) is 2.85. The smallest absolute Gasteiger partial charge is 0.333 e. The van der Waals surface area contributed by atoms with Crippen LogP contribution in [0.4, 0.5) is 0 Å². The molecule has 0 unspecified atom stereocenters. The molecule has 0 saturated carbocycles.